The number of urea groups is 1. The first-order valence-electron chi connectivity index (χ1n) is 8.60. The molecule has 138 valence electrons. The lowest BCUT2D eigenvalue weighted by molar-refractivity contribution is -0.131. The molecule has 25 heavy (non-hydrogen) atoms. The molecule has 1 aromatic carbocycles. The fourth-order valence-electron chi connectivity index (χ4n) is 2.78. The summed E-state index contributed by atoms with van der Waals surface area (Å²) in [6, 6.07) is 5.40. The van der Waals surface area contributed by atoms with E-state index in [1.165, 1.54) is 0 Å². The van der Waals surface area contributed by atoms with Crippen LogP contribution in [0.4, 0.5) is 4.79 Å². The number of benzene rings is 1. The molecule has 1 aliphatic heterocycles. The van der Waals surface area contributed by atoms with E-state index >= 15 is 0 Å². The number of methoxy groups -OCH3 is 2. The van der Waals surface area contributed by atoms with E-state index in [0.717, 1.165) is 12.0 Å². The summed E-state index contributed by atoms with van der Waals surface area (Å²) in [4.78, 5) is 28.1. The minimum Gasteiger partial charge on any atom is -0.497 e. The van der Waals surface area contributed by atoms with Crippen molar-refractivity contribution in [3.05, 3.63) is 23.8 Å². The van der Waals surface area contributed by atoms with Crippen LogP contribution in [0.5, 0.6) is 11.5 Å². The van der Waals surface area contributed by atoms with Gasteiger partial charge in [0.1, 0.15) is 11.5 Å². The van der Waals surface area contributed by atoms with E-state index in [9.17, 15) is 9.59 Å². The van der Waals surface area contributed by atoms with Gasteiger partial charge in [-0.3, -0.25) is 4.79 Å². The van der Waals surface area contributed by atoms with Crippen molar-refractivity contribution in [2.45, 2.75) is 19.8 Å². The number of hydrogen-bond donors (Lipinski definition) is 1. The lowest BCUT2D eigenvalue weighted by Crippen LogP contribution is -2.53. The van der Waals surface area contributed by atoms with E-state index in [4.69, 9.17) is 9.47 Å². The first-order chi connectivity index (χ1) is 12.1. The summed E-state index contributed by atoms with van der Waals surface area (Å²) in [5.74, 6) is 1.38. The molecule has 0 spiro atoms. The molecular formula is C18H27N3O4. The van der Waals surface area contributed by atoms with Gasteiger partial charge in [-0.1, -0.05) is 13.0 Å². The summed E-state index contributed by atoms with van der Waals surface area (Å²) in [5, 5.41) is 2.87. The zero-order valence-electron chi connectivity index (χ0n) is 15.2. The highest BCUT2D eigenvalue weighted by atomic mass is 16.5. The van der Waals surface area contributed by atoms with Gasteiger partial charge in [0.2, 0.25) is 5.91 Å². The number of rotatable bonds is 6. The second-order valence-electron chi connectivity index (χ2n) is 5.95. The van der Waals surface area contributed by atoms with Gasteiger partial charge >= 0.3 is 6.03 Å². The molecule has 1 saturated heterocycles. The molecule has 0 radical (unpaired) electrons. The fraction of sp³-hybridized carbons (Fsp3) is 0.556. The zero-order chi connectivity index (χ0) is 18.2. The second-order valence-corrected chi connectivity index (χ2v) is 5.95. The third-order valence-corrected chi connectivity index (χ3v) is 4.28. The molecule has 7 nitrogen and oxygen atoms in total. The molecule has 0 atom stereocenters. The van der Waals surface area contributed by atoms with Crippen LogP contribution in [-0.2, 0) is 11.2 Å². The van der Waals surface area contributed by atoms with Gasteiger partial charge in [0.25, 0.3) is 0 Å². The van der Waals surface area contributed by atoms with Crippen LogP contribution < -0.4 is 14.8 Å². The number of ether oxygens (including phenoxy) is 2. The van der Waals surface area contributed by atoms with Gasteiger partial charge in [0, 0.05) is 44.4 Å². The maximum absolute atomic E-state index is 12.6. The number of amides is 3. The van der Waals surface area contributed by atoms with Gasteiger partial charge < -0.3 is 24.6 Å². The highest BCUT2D eigenvalue weighted by Gasteiger charge is 2.24. The van der Waals surface area contributed by atoms with Crippen LogP contribution in [0, 0.1) is 0 Å². The molecule has 0 aliphatic carbocycles. The standard InChI is InChI=1S/C18H27N3O4/c1-4-7-19-18(23)21-10-8-20(9-11-21)17(22)12-14-5-6-15(24-2)13-16(14)25-3/h5-6,13H,4,7-12H2,1-3H3,(H,19,23). The lowest BCUT2D eigenvalue weighted by Gasteiger charge is -2.34. The monoisotopic (exact) mass is 349 g/mol. The molecule has 0 unspecified atom stereocenters. The van der Waals surface area contributed by atoms with Crippen molar-refractivity contribution in [1.29, 1.82) is 0 Å². The van der Waals surface area contributed by atoms with Crippen molar-refractivity contribution in [2.75, 3.05) is 46.9 Å². The minimum absolute atomic E-state index is 0.0390. The van der Waals surface area contributed by atoms with E-state index in [1.54, 1.807) is 30.1 Å². The fourth-order valence-corrected chi connectivity index (χ4v) is 2.78. The smallest absolute Gasteiger partial charge is 0.317 e. The highest BCUT2D eigenvalue weighted by Crippen LogP contribution is 2.25. The van der Waals surface area contributed by atoms with Gasteiger partial charge in [-0.15, -0.1) is 0 Å². The van der Waals surface area contributed by atoms with Gasteiger partial charge in [0.05, 0.1) is 20.6 Å². The topological polar surface area (TPSA) is 71.1 Å². The summed E-state index contributed by atoms with van der Waals surface area (Å²) in [5.41, 5.74) is 0.830. The summed E-state index contributed by atoms with van der Waals surface area (Å²) in [6.07, 6.45) is 1.18. The number of carbonyl (C=O) groups excluding carboxylic acids is 2. The number of carbonyl (C=O) groups is 2. The molecule has 1 aromatic rings. The predicted molar refractivity (Wildman–Crippen MR) is 95.1 cm³/mol. The van der Waals surface area contributed by atoms with Crippen molar-refractivity contribution in [3.8, 4) is 11.5 Å². The number of nitrogens with one attached hydrogen (secondary N) is 1. The molecule has 1 fully saturated rings. The first kappa shape index (κ1) is 18.9. The van der Waals surface area contributed by atoms with Gasteiger partial charge in [-0.2, -0.15) is 0 Å². The Morgan fingerprint density at radius 3 is 2.36 bits per heavy atom. The van der Waals surface area contributed by atoms with Crippen LogP contribution in [0.15, 0.2) is 18.2 Å². The summed E-state index contributed by atoms with van der Waals surface area (Å²) in [6.45, 7) is 4.91. The van der Waals surface area contributed by atoms with Crippen LogP contribution in [0.2, 0.25) is 0 Å². The molecule has 0 saturated carbocycles. The van der Waals surface area contributed by atoms with Gasteiger partial charge in [0.15, 0.2) is 0 Å². The largest absolute Gasteiger partial charge is 0.497 e. The minimum atomic E-state index is -0.0502. The number of piperazine rings is 1. The van der Waals surface area contributed by atoms with E-state index in [0.29, 0.717) is 44.2 Å². The molecule has 0 aromatic heterocycles. The molecule has 3 amide bonds. The van der Waals surface area contributed by atoms with Crippen molar-refractivity contribution in [3.63, 3.8) is 0 Å². The number of nitrogens with zero attached hydrogens (tertiary/aromatic N) is 2. The SMILES string of the molecule is CCCNC(=O)N1CCN(C(=O)Cc2ccc(OC)cc2OC)CC1. The van der Waals surface area contributed by atoms with Crippen LogP contribution in [0.25, 0.3) is 0 Å². The third kappa shape index (κ3) is 5.01. The maximum Gasteiger partial charge on any atom is 0.317 e. The predicted octanol–water partition coefficient (Wildman–Crippen LogP) is 1.51. The molecule has 7 heteroatoms. The average molecular weight is 349 g/mol. The molecule has 0 bridgehead atoms. The van der Waals surface area contributed by atoms with Crippen LogP contribution >= 0.6 is 0 Å². The number of hydrogen-bond acceptors (Lipinski definition) is 4. The highest BCUT2D eigenvalue weighted by molar-refractivity contribution is 5.80. The van der Waals surface area contributed by atoms with Gasteiger partial charge in [-0.25, -0.2) is 4.79 Å². The van der Waals surface area contributed by atoms with Crippen molar-refractivity contribution >= 4 is 11.9 Å². The van der Waals surface area contributed by atoms with Crippen molar-refractivity contribution in [2.24, 2.45) is 0 Å². The Labute approximate surface area is 148 Å². The quantitative estimate of drug-likeness (QED) is 0.845. The molecule has 2 rings (SSSR count). The lowest BCUT2D eigenvalue weighted by atomic mass is 10.1. The third-order valence-electron chi connectivity index (χ3n) is 4.28. The van der Waals surface area contributed by atoms with E-state index in [2.05, 4.69) is 5.32 Å². The zero-order valence-corrected chi connectivity index (χ0v) is 15.2. The summed E-state index contributed by atoms with van der Waals surface area (Å²) >= 11 is 0. The first-order valence-corrected chi connectivity index (χ1v) is 8.60. The Morgan fingerprint density at radius 2 is 1.76 bits per heavy atom. The second kappa shape index (κ2) is 9.15. The van der Waals surface area contributed by atoms with Crippen molar-refractivity contribution in [1.82, 2.24) is 15.1 Å². The molecule has 1 aliphatic rings. The Bertz CT molecular complexity index is 598. The molecular weight excluding hydrogens is 322 g/mol. The van der Waals surface area contributed by atoms with E-state index in [-0.39, 0.29) is 18.4 Å². The van der Waals surface area contributed by atoms with Gasteiger partial charge in [-0.05, 0) is 12.5 Å². The van der Waals surface area contributed by atoms with Crippen LogP contribution in [-0.4, -0.2) is 68.7 Å². The van der Waals surface area contributed by atoms with Crippen LogP contribution in [0.3, 0.4) is 0 Å². The van der Waals surface area contributed by atoms with E-state index in [1.807, 2.05) is 19.1 Å². The molecule has 1 heterocycles. The normalized spacial score (nSPS) is 14.2. The van der Waals surface area contributed by atoms with E-state index < -0.39 is 0 Å². The summed E-state index contributed by atoms with van der Waals surface area (Å²) in [7, 11) is 3.17. The molecule has 1 N–H and O–H groups in total. The Morgan fingerprint density at radius 1 is 1.08 bits per heavy atom. The Balaban J connectivity index is 1.90. The Kier molecular flexibility index (Phi) is 6.91. The summed E-state index contributed by atoms with van der Waals surface area (Å²) < 4.78 is 10.5. The van der Waals surface area contributed by atoms with Crippen molar-refractivity contribution < 1.29 is 19.1 Å². The average Bonchev–Trinajstić information content (AvgIpc) is 2.66. The Hall–Kier alpha value is -2.44. The van der Waals surface area contributed by atoms with Crippen LogP contribution in [0.1, 0.15) is 18.9 Å². The maximum atomic E-state index is 12.6.